The maximum atomic E-state index is 12.5. The molecule has 0 unspecified atom stereocenters. The summed E-state index contributed by atoms with van der Waals surface area (Å²) in [5.41, 5.74) is 19.5. The topological polar surface area (TPSA) is 50.9 Å². The monoisotopic (exact) mass is 1110 g/mol. The second kappa shape index (κ2) is 19.7. The Morgan fingerprint density at radius 3 is 1.70 bits per heavy atom. The Balaban J connectivity index is 0.00000676. The van der Waals surface area contributed by atoms with Gasteiger partial charge in [0.25, 0.3) is 0 Å². The first-order valence-corrected chi connectivity index (χ1v) is 25.0. The zero-order valence-electron chi connectivity index (χ0n) is 43.8. The number of rotatable bonds is 9. The van der Waals surface area contributed by atoms with Gasteiger partial charge in [-0.25, -0.2) is 4.98 Å². The molecule has 0 spiro atoms. The van der Waals surface area contributed by atoms with E-state index >= 15 is 0 Å². The van der Waals surface area contributed by atoms with Crippen LogP contribution in [0, 0.1) is 6.07 Å². The largest absolute Gasteiger partial charge is 0.507 e. The van der Waals surface area contributed by atoms with Crippen molar-refractivity contribution in [1.29, 1.82) is 0 Å². The summed E-state index contributed by atoms with van der Waals surface area (Å²) in [5, 5.41) is 12.5. The van der Waals surface area contributed by atoms with Gasteiger partial charge in [-0.05, 0) is 102 Å². The number of nitrogens with zero attached hydrogens (tertiary/aromatic N) is 3. The van der Waals surface area contributed by atoms with Gasteiger partial charge < -0.3 is 5.11 Å². The molecule has 7 aromatic carbocycles. The smallest absolute Gasteiger partial charge is 0.148 e. The van der Waals surface area contributed by atoms with Gasteiger partial charge in [0.2, 0.25) is 0 Å². The predicted molar refractivity (Wildman–Crippen MR) is 296 cm³/mol. The molecule has 2 heterocycles. The van der Waals surface area contributed by atoms with E-state index in [1.165, 1.54) is 27.8 Å². The summed E-state index contributed by atoms with van der Waals surface area (Å²) < 4.78 is 2.31. The Morgan fingerprint density at radius 1 is 0.493 bits per heavy atom. The maximum Gasteiger partial charge on any atom is 0.148 e. The van der Waals surface area contributed by atoms with Crippen LogP contribution >= 0.6 is 0 Å². The van der Waals surface area contributed by atoms with Crippen molar-refractivity contribution in [2.45, 2.75) is 118 Å². The van der Waals surface area contributed by atoms with Gasteiger partial charge in [0.1, 0.15) is 11.6 Å². The van der Waals surface area contributed by atoms with Crippen LogP contribution in [-0.2, 0) is 37.3 Å². The van der Waals surface area contributed by atoms with Crippen molar-refractivity contribution in [3.63, 3.8) is 0 Å². The quantitative estimate of drug-likeness (QED) is 0.147. The average molecular weight is 1110 g/mol. The summed E-state index contributed by atoms with van der Waals surface area (Å²) in [6.45, 7) is 29.1. The maximum absolute atomic E-state index is 12.5. The van der Waals surface area contributed by atoms with E-state index < -0.39 is 0 Å². The fourth-order valence-electron chi connectivity index (χ4n) is 9.47. The number of phenolic OH excluding ortho intramolecular Hbond substituents is 1. The molecule has 0 fully saturated rings. The van der Waals surface area contributed by atoms with Crippen molar-refractivity contribution >= 4 is 11.0 Å². The van der Waals surface area contributed by atoms with Crippen LogP contribution in [0.4, 0.5) is 0 Å². The van der Waals surface area contributed by atoms with Gasteiger partial charge in [0.05, 0.1) is 22.3 Å². The number of hydrogen-bond acceptors (Lipinski definition) is 3. The number of hydrogen-bond donors (Lipinski definition) is 1. The summed E-state index contributed by atoms with van der Waals surface area (Å²) >= 11 is 0. The van der Waals surface area contributed by atoms with Crippen LogP contribution in [0.15, 0.2) is 158 Å². The molecule has 0 bridgehead atoms. The molecule has 9 aromatic rings. The molecule has 1 N–H and O–H groups in total. The molecule has 71 heavy (non-hydrogen) atoms. The molecule has 0 saturated heterocycles. The molecule has 0 saturated carbocycles. The van der Waals surface area contributed by atoms with Crippen molar-refractivity contribution in [2.24, 2.45) is 0 Å². The second-order valence-electron chi connectivity index (χ2n) is 22.9. The summed E-state index contributed by atoms with van der Waals surface area (Å²) in [6, 6.07) is 58.7. The molecule has 0 aliphatic carbocycles. The van der Waals surface area contributed by atoms with Crippen molar-refractivity contribution in [3.05, 3.63) is 192 Å². The van der Waals surface area contributed by atoms with E-state index in [0.717, 1.165) is 78.0 Å². The van der Waals surface area contributed by atoms with Crippen LogP contribution in [0.5, 0.6) is 5.75 Å². The predicted octanol–water partition coefficient (Wildman–Crippen LogP) is 18.1. The van der Waals surface area contributed by atoms with Crippen LogP contribution in [0.2, 0.25) is 0 Å². The first-order chi connectivity index (χ1) is 33.2. The number of pyridine rings is 1. The van der Waals surface area contributed by atoms with E-state index in [2.05, 4.69) is 252 Å². The molecule has 0 amide bonds. The van der Waals surface area contributed by atoms with Crippen molar-refractivity contribution < 1.29 is 26.2 Å². The molecule has 9 rings (SSSR count). The summed E-state index contributed by atoms with van der Waals surface area (Å²) in [4.78, 5) is 10.7. The third kappa shape index (κ3) is 10.4. The first kappa shape index (κ1) is 51.0. The molecule has 0 aliphatic heterocycles. The molecule has 5 heteroatoms. The molecular weight excluding hydrogens is 1050 g/mol. The van der Waals surface area contributed by atoms with Crippen LogP contribution in [0.3, 0.4) is 0 Å². The summed E-state index contributed by atoms with van der Waals surface area (Å²) in [5.74, 6) is 1.30. The summed E-state index contributed by atoms with van der Waals surface area (Å²) in [7, 11) is 0. The fraction of sp³-hybridized carbons (Fsp3) is 0.273. The Morgan fingerprint density at radius 2 is 1.08 bits per heavy atom. The van der Waals surface area contributed by atoms with Gasteiger partial charge in [-0.1, -0.05) is 216 Å². The molecule has 0 aliphatic rings. The number of phenols is 1. The van der Waals surface area contributed by atoms with E-state index in [4.69, 9.17) is 9.97 Å². The van der Waals surface area contributed by atoms with Gasteiger partial charge in [-0.15, -0.1) is 29.3 Å². The molecule has 0 radical (unpaired) electrons. The molecule has 0 atom stereocenters. The first-order valence-electron chi connectivity index (χ1n) is 25.0. The van der Waals surface area contributed by atoms with Gasteiger partial charge in [-0.2, -0.15) is 0 Å². The van der Waals surface area contributed by atoms with E-state index in [0.29, 0.717) is 5.82 Å². The number of aromatic nitrogens is 3. The molecule has 2 aromatic heterocycles. The Bertz CT molecular complexity index is 3360. The van der Waals surface area contributed by atoms with E-state index in [-0.39, 0.29) is 54.9 Å². The number of imidazole rings is 1. The van der Waals surface area contributed by atoms with Gasteiger partial charge in [0.15, 0.2) is 0 Å². The van der Waals surface area contributed by atoms with Crippen LogP contribution in [0.25, 0.3) is 83.9 Å². The Kier molecular flexibility index (Phi) is 14.1. The van der Waals surface area contributed by atoms with Crippen molar-refractivity contribution in [1.82, 2.24) is 14.5 Å². The summed E-state index contributed by atoms with van der Waals surface area (Å²) in [6.07, 6.45) is 1.91. The van der Waals surface area contributed by atoms with Crippen LogP contribution in [-0.4, -0.2) is 19.6 Å². The van der Waals surface area contributed by atoms with Gasteiger partial charge in [-0.3, -0.25) is 9.55 Å². The van der Waals surface area contributed by atoms with E-state index in [9.17, 15) is 5.11 Å². The SMILES string of the molecule is CC(C)c1cc(-c2nc3c(-c4[c-]c(-c5cc(-c6ccc(-c7ccccc7)cc6)ccn5)cc(C(C)(C)C)c4)cccc3n2-c2cc(C(C)(C)C)ccc2-c2ccc(C(C)(C)C)cc2)c(O)c(C(C)C)c1.[Pt]. The standard InChI is InChI=1S/C66H68N3O.Pt/c1-41(2)48-37-56(42(3)4)62(70)57(38-48)63-68-61-55(20-17-21-59(61)69(63)60-40-52(65(8,9)10)30-31-54(60)46-26-28-51(29-27-46)64(5,6)7)49-34-50(36-53(35-49)66(11,12)13)58-39-47(32-33-67-58)45-24-22-44(23-25-45)43-18-15-14-16-19-43;/h14-33,35-42,70H,1-13H3;/q-1;. The normalized spacial score (nSPS) is 12.2. The Hall–Kier alpha value is -6.35. The zero-order valence-corrected chi connectivity index (χ0v) is 46.0. The number of aromatic hydroxyl groups is 1. The number of para-hydroxylation sites is 1. The fourth-order valence-corrected chi connectivity index (χ4v) is 9.47. The third-order valence-corrected chi connectivity index (χ3v) is 13.9. The number of benzene rings is 7. The second-order valence-corrected chi connectivity index (χ2v) is 22.9. The Labute approximate surface area is 437 Å². The molecule has 364 valence electrons. The minimum atomic E-state index is -0.178. The van der Waals surface area contributed by atoms with E-state index in [1.807, 2.05) is 6.20 Å². The van der Waals surface area contributed by atoms with Gasteiger partial charge >= 0.3 is 0 Å². The molecular formula is C66H68N3OPt-. The minimum absolute atomic E-state index is 0. The minimum Gasteiger partial charge on any atom is -0.507 e. The third-order valence-electron chi connectivity index (χ3n) is 13.9. The van der Waals surface area contributed by atoms with Gasteiger partial charge in [0, 0.05) is 38.5 Å². The zero-order chi connectivity index (χ0) is 49.9. The number of fused-ring (bicyclic) bond motifs is 1. The van der Waals surface area contributed by atoms with Crippen molar-refractivity contribution in [3.8, 4) is 78.6 Å². The van der Waals surface area contributed by atoms with E-state index in [1.54, 1.807) is 0 Å². The average Bonchev–Trinajstić information content (AvgIpc) is 3.72. The van der Waals surface area contributed by atoms with Crippen molar-refractivity contribution in [2.75, 3.05) is 0 Å². The molecule has 4 nitrogen and oxygen atoms in total. The van der Waals surface area contributed by atoms with Crippen LogP contribution < -0.4 is 0 Å². The van der Waals surface area contributed by atoms with Crippen LogP contribution in [0.1, 0.15) is 130 Å².